The van der Waals surface area contributed by atoms with Crippen molar-refractivity contribution in [2.45, 2.75) is 25.0 Å². The molecule has 0 saturated carbocycles. The van der Waals surface area contributed by atoms with Gasteiger partial charge in [0, 0.05) is 23.7 Å². The van der Waals surface area contributed by atoms with Gasteiger partial charge in [0.05, 0.1) is 22.5 Å². The van der Waals surface area contributed by atoms with Gasteiger partial charge in [-0.25, -0.2) is 0 Å². The number of benzene rings is 3. The van der Waals surface area contributed by atoms with E-state index in [9.17, 15) is 10.1 Å². The maximum atomic E-state index is 11.3. The molecule has 0 unspecified atom stereocenters. The summed E-state index contributed by atoms with van der Waals surface area (Å²) in [6.45, 7) is 0.442. The Hall–Kier alpha value is -3.32. The molecule has 1 N–H and O–H groups in total. The number of anilines is 1. The van der Waals surface area contributed by atoms with Crippen LogP contribution in [0.1, 0.15) is 35.1 Å². The van der Waals surface area contributed by atoms with E-state index in [1.54, 1.807) is 19.2 Å². The van der Waals surface area contributed by atoms with Crippen LogP contribution >= 0.6 is 15.9 Å². The number of nitro benzene ring substituents is 1. The van der Waals surface area contributed by atoms with E-state index in [1.807, 2.05) is 42.5 Å². The number of nitro groups is 1. The summed E-state index contributed by atoms with van der Waals surface area (Å²) in [6.07, 6.45) is 5.24. The number of nitrogens with one attached hydrogen (secondary N) is 1. The standard InChI is InChI=1S/C26H23BrN2O4/c1-32-24-13-17(12-22(27)26(24)33-15-16-6-3-2-4-7-16)25-20-9-5-8-19(20)21-14-18(29(30)31)10-11-23(21)28-25/h2-8,10-14,19-20,25,28H,9,15H2,1H3/t19-,20+,25+/m1/s1. The highest BCUT2D eigenvalue weighted by molar-refractivity contribution is 9.10. The minimum absolute atomic E-state index is 0.0346. The van der Waals surface area contributed by atoms with Gasteiger partial charge in [0.15, 0.2) is 11.5 Å². The van der Waals surface area contributed by atoms with Crippen molar-refractivity contribution in [3.05, 3.63) is 104 Å². The molecule has 0 fully saturated rings. The van der Waals surface area contributed by atoms with Crippen molar-refractivity contribution in [1.82, 2.24) is 0 Å². The molecule has 1 aliphatic carbocycles. The number of ether oxygens (including phenoxy) is 2. The first kappa shape index (κ1) is 21.5. The van der Waals surface area contributed by atoms with Crippen molar-refractivity contribution in [3.63, 3.8) is 0 Å². The summed E-state index contributed by atoms with van der Waals surface area (Å²) in [7, 11) is 1.64. The number of hydrogen-bond donors (Lipinski definition) is 1. The van der Waals surface area contributed by atoms with E-state index in [2.05, 4.69) is 39.5 Å². The smallest absolute Gasteiger partial charge is 0.269 e. The number of nitrogens with zero attached hydrogens (tertiary/aromatic N) is 1. The van der Waals surface area contributed by atoms with Gasteiger partial charge in [-0.1, -0.05) is 42.5 Å². The van der Waals surface area contributed by atoms with Gasteiger partial charge in [0.1, 0.15) is 6.61 Å². The first-order valence-corrected chi connectivity index (χ1v) is 11.6. The molecule has 0 bridgehead atoms. The monoisotopic (exact) mass is 506 g/mol. The molecule has 33 heavy (non-hydrogen) atoms. The molecule has 168 valence electrons. The summed E-state index contributed by atoms with van der Waals surface area (Å²) in [5, 5.41) is 14.9. The van der Waals surface area contributed by atoms with Gasteiger partial charge in [0.25, 0.3) is 5.69 Å². The molecule has 3 atom stereocenters. The van der Waals surface area contributed by atoms with Crippen LogP contribution in [0.3, 0.4) is 0 Å². The molecule has 0 aromatic heterocycles. The Bertz CT molecular complexity index is 1230. The van der Waals surface area contributed by atoms with Gasteiger partial charge in [-0.15, -0.1) is 0 Å². The minimum atomic E-state index is -0.337. The molecule has 3 aromatic rings. The normalized spacial score (nSPS) is 20.5. The summed E-state index contributed by atoms with van der Waals surface area (Å²) in [4.78, 5) is 10.9. The summed E-state index contributed by atoms with van der Waals surface area (Å²) < 4.78 is 12.6. The third-order valence-electron chi connectivity index (χ3n) is 6.39. The molecule has 1 aliphatic heterocycles. The van der Waals surface area contributed by atoms with Crippen molar-refractivity contribution in [3.8, 4) is 11.5 Å². The Morgan fingerprint density at radius 2 is 1.97 bits per heavy atom. The van der Waals surface area contributed by atoms with E-state index in [-0.39, 0.29) is 28.5 Å². The van der Waals surface area contributed by atoms with E-state index in [0.29, 0.717) is 18.1 Å². The number of methoxy groups -OCH3 is 1. The Morgan fingerprint density at radius 3 is 2.73 bits per heavy atom. The average Bonchev–Trinajstić information content (AvgIpc) is 3.33. The average molecular weight is 507 g/mol. The van der Waals surface area contributed by atoms with E-state index >= 15 is 0 Å². The minimum Gasteiger partial charge on any atom is -0.493 e. The maximum Gasteiger partial charge on any atom is 0.269 e. The van der Waals surface area contributed by atoms with Gasteiger partial charge < -0.3 is 14.8 Å². The van der Waals surface area contributed by atoms with E-state index in [0.717, 1.165) is 33.3 Å². The predicted molar refractivity (Wildman–Crippen MR) is 131 cm³/mol. The molecule has 0 saturated heterocycles. The molecular formula is C26H23BrN2O4. The lowest BCUT2D eigenvalue weighted by Gasteiger charge is -2.37. The quantitative estimate of drug-likeness (QED) is 0.226. The fraction of sp³-hybridized carbons (Fsp3) is 0.231. The lowest BCUT2D eigenvalue weighted by Crippen LogP contribution is -2.29. The molecule has 2 aliphatic rings. The van der Waals surface area contributed by atoms with Crippen LogP contribution in [-0.2, 0) is 6.61 Å². The largest absolute Gasteiger partial charge is 0.493 e. The van der Waals surface area contributed by atoms with Gasteiger partial charge in [-0.05, 0) is 63.2 Å². The Balaban J connectivity index is 1.46. The van der Waals surface area contributed by atoms with Crippen LogP contribution in [0.5, 0.6) is 11.5 Å². The molecule has 5 rings (SSSR count). The molecular weight excluding hydrogens is 484 g/mol. The highest BCUT2D eigenvalue weighted by Crippen LogP contribution is 2.52. The Morgan fingerprint density at radius 1 is 1.15 bits per heavy atom. The van der Waals surface area contributed by atoms with Gasteiger partial charge in [0.2, 0.25) is 0 Å². The highest BCUT2D eigenvalue weighted by atomic mass is 79.9. The zero-order valence-corrected chi connectivity index (χ0v) is 19.6. The van der Waals surface area contributed by atoms with Crippen molar-refractivity contribution in [2.75, 3.05) is 12.4 Å². The second-order valence-corrected chi connectivity index (χ2v) is 9.17. The van der Waals surface area contributed by atoms with Crippen LogP contribution in [0.25, 0.3) is 0 Å². The molecule has 0 radical (unpaired) electrons. The van der Waals surface area contributed by atoms with Crippen LogP contribution in [0.4, 0.5) is 11.4 Å². The summed E-state index contributed by atoms with van der Waals surface area (Å²) >= 11 is 3.69. The van der Waals surface area contributed by atoms with E-state index < -0.39 is 0 Å². The fourth-order valence-corrected chi connectivity index (χ4v) is 5.39. The summed E-state index contributed by atoms with van der Waals surface area (Å²) in [5.41, 5.74) is 4.19. The first-order chi connectivity index (χ1) is 16.0. The fourth-order valence-electron chi connectivity index (χ4n) is 4.81. The van der Waals surface area contributed by atoms with Crippen LogP contribution in [0.15, 0.2) is 77.3 Å². The zero-order valence-electron chi connectivity index (χ0n) is 18.0. The number of non-ortho nitro benzene ring substituents is 1. The topological polar surface area (TPSA) is 73.6 Å². The SMILES string of the molecule is COc1cc([C@@H]2Nc3ccc([N+](=O)[O-])cc3[C@@H]3C=CC[C@@H]32)cc(Br)c1OCc1ccccc1. The molecule has 6 nitrogen and oxygen atoms in total. The second kappa shape index (κ2) is 8.90. The molecule has 0 amide bonds. The van der Waals surface area contributed by atoms with Crippen LogP contribution in [0.2, 0.25) is 0 Å². The van der Waals surface area contributed by atoms with Crippen molar-refractivity contribution >= 4 is 27.3 Å². The number of halogens is 1. The van der Waals surface area contributed by atoms with E-state index in [4.69, 9.17) is 9.47 Å². The van der Waals surface area contributed by atoms with Gasteiger partial charge >= 0.3 is 0 Å². The first-order valence-electron chi connectivity index (χ1n) is 10.8. The molecule has 1 heterocycles. The lowest BCUT2D eigenvalue weighted by molar-refractivity contribution is -0.384. The summed E-state index contributed by atoms with van der Waals surface area (Å²) in [6, 6.07) is 19.2. The van der Waals surface area contributed by atoms with Crippen LogP contribution in [-0.4, -0.2) is 12.0 Å². The number of allylic oxidation sites excluding steroid dienone is 2. The Labute approximate surface area is 200 Å². The molecule has 7 heteroatoms. The zero-order chi connectivity index (χ0) is 22.9. The molecule has 0 spiro atoms. The van der Waals surface area contributed by atoms with Crippen molar-refractivity contribution < 1.29 is 14.4 Å². The summed E-state index contributed by atoms with van der Waals surface area (Å²) in [5.74, 6) is 1.71. The molecule has 3 aromatic carbocycles. The number of hydrogen-bond acceptors (Lipinski definition) is 5. The lowest BCUT2D eigenvalue weighted by atomic mass is 9.77. The predicted octanol–water partition coefficient (Wildman–Crippen LogP) is 6.77. The second-order valence-electron chi connectivity index (χ2n) is 8.31. The Kier molecular flexibility index (Phi) is 5.81. The van der Waals surface area contributed by atoms with Crippen molar-refractivity contribution in [1.29, 1.82) is 0 Å². The van der Waals surface area contributed by atoms with Gasteiger partial charge in [-0.3, -0.25) is 10.1 Å². The van der Waals surface area contributed by atoms with Gasteiger partial charge in [-0.2, -0.15) is 0 Å². The third kappa shape index (κ3) is 4.09. The highest BCUT2D eigenvalue weighted by Gasteiger charge is 2.39. The van der Waals surface area contributed by atoms with Crippen LogP contribution < -0.4 is 14.8 Å². The number of fused-ring (bicyclic) bond motifs is 3. The maximum absolute atomic E-state index is 11.3. The van der Waals surface area contributed by atoms with Crippen molar-refractivity contribution in [2.24, 2.45) is 5.92 Å². The number of rotatable bonds is 6. The van der Waals surface area contributed by atoms with E-state index in [1.165, 1.54) is 0 Å². The third-order valence-corrected chi connectivity index (χ3v) is 6.98. The van der Waals surface area contributed by atoms with Crippen LogP contribution in [0, 0.1) is 16.0 Å².